The van der Waals surface area contributed by atoms with Crippen LogP contribution in [0.2, 0.25) is 0 Å². The molecule has 174 valence electrons. The van der Waals surface area contributed by atoms with Crippen molar-refractivity contribution in [3.63, 3.8) is 0 Å². The number of carbonyl (C=O) groups excluding carboxylic acids is 1. The van der Waals surface area contributed by atoms with Gasteiger partial charge >= 0.3 is 0 Å². The third kappa shape index (κ3) is 5.02. The number of ether oxygens (including phenoxy) is 1. The number of hydrogen-bond donors (Lipinski definition) is 3. The van der Waals surface area contributed by atoms with Gasteiger partial charge in [0.1, 0.15) is 11.8 Å². The zero-order valence-electron chi connectivity index (χ0n) is 19.7. The van der Waals surface area contributed by atoms with Gasteiger partial charge in [-0.1, -0.05) is 26.0 Å². The summed E-state index contributed by atoms with van der Waals surface area (Å²) in [5.41, 5.74) is 3.10. The van der Waals surface area contributed by atoms with Crippen LogP contribution in [0.1, 0.15) is 87.2 Å². The fourth-order valence-corrected chi connectivity index (χ4v) is 4.97. The maximum Gasteiger partial charge on any atom is 0.291 e. The van der Waals surface area contributed by atoms with Crippen LogP contribution in [0.4, 0.5) is 5.69 Å². The monoisotopic (exact) mass is 448 g/mol. The summed E-state index contributed by atoms with van der Waals surface area (Å²) >= 11 is 0. The second-order valence-corrected chi connectivity index (χ2v) is 10.3. The molecule has 1 aliphatic carbocycles. The van der Waals surface area contributed by atoms with Gasteiger partial charge in [-0.3, -0.25) is 4.79 Å². The number of imidazole rings is 1. The van der Waals surface area contributed by atoms with E-state index in [9.17, 15) is 9.90 Å². The van der Waals surface area contributed by atoms with Crippen molar-refractivity contribution in [3.8, 4) is 6.07 Å². The van der Waals surface area contributed by atoms with Gasteiger partial charge in [-0.15, -0.1) is 0 Å². The number of anilines is 1. The number of rotatable bonds is 4. The van der Waals surface area contributed by atoms with Crippen molar-refractivity contribution in [2.75, 3.05) is 5.32 Å². The lowest BCUT2D eigenvalue weighted by atomic mass is 9.75. The first-order valence-corrected chi connectivity index (χ1v) is 11.6. The van der Waals surface area contributed by atoms with E-state index in [-0.39, 0.29) is 29.1 Å². The number of nitriles is 1. The summed E-state index contributed by atoms with van der Waals surface area (Å²) in [6.45, 7) is 8.49. The summed E-state index contributed by atoms with van der Waals surface area (Å²) in [5, 5.41) is 23.5. The van der Waals surface area contributed by atoms with Gasteiger partial charge in [-0.2, -0.15) is 5.26 Å². The molecular formula is C26H32N4O3. The van der Waals surface area contributed by atoms with E-state index in [1.54, 1.807) is 0 Å². The first-order valence-electron chi connectivity index (χ1n) is 11.6. The zero-order chi connectivity index (χ0) is 23.8. The normalized spacial score (nSPS) is 26.8. The molecule has 1 amide bonds. The predicted octanol–water partition coefficient (Wildman–Crippen LogP) is 4.90. The van der Waals surface area contributed by atoms with Crippen LogP contribution in [0.25, 0.3) is 5.57 Å². The van der Waals surface area contributed by atoms with Crippen LogP contribution in [0.15, 0.2) is 30.5 Å². The number of H-pyrrole nitrogens is 1. The molecule has 0 radical (unpaired) electrons. The Morgan fingerprint density at radius 2 is 2.03 bits per heavy atom. The first kappa shape index (κ1) is 23.2. The Kier molecular flexibility index (Phi) is 6.17. The molecule has 0 unspecified atom stereocenters. The summed E-state index contributed by atoms with van der Waals surface area (Å²) in [6, 6.07) is 7.72. The summed E-state index contributed by atoms with van der Waals surface area (Å²) in [5.74, 6) is -0.319. The number of amides is 1. The molecule has 2 heterocycles. The fourth-order valence-electron chi connectivity index (χ4n) is 4.97. The first-order chi connectivity index (χ1) is 15.6. The number of allylic oxidation sites excluding steroid dienone is 2. The molecule has 1 saturated heterocycles. The SMILES string of the molecule is C[C@H]1CC(O)(c2ccc(NC(=O)c3ncc(C#N)[nH]3)c(C3=CCC(C)(C)CC3)c2)C[C@H](C)O1. The highest BCUT2D eigenvalue weighted by molar-refractivity contribution is 6.03. The molecule has 3 N–H and O–H groups in total. The van der Waals surface area contributed by atoms with Gasteiger partial charge in [0, 0.05) is 24.1 Å². The maximum absolute atomic E-state index is 12.8. The molecule has 1 fully saturated rings. The van der Waals surface area contributed by atoms with Crippen molar-refractivity contribution in [2.24, 2.45) is 5.41 Å². The number of benzene rings is 1. The molecule has 0 spiro atoms. The highest BCUT2D eigenvalue weighted by Gasteiger charge is 2.39. The smallest absolute Gasteiger partial charge is 0.291 e. The van der Waals surface area contributed by atoms with Crippen molar-refractivity contribution in [1.29, 1.82) is 5.26 Å². The molecule has 4 rings (SSSR count). The van der Waals surface area contributed by atoms with E-state index in [2.05, 4.69) is 35.2 Å². The van der Waals surface area contributed by atoms with E-state index in [0.29, 0.717) is 18.5 Å². The Morgan fingerprint density at radius 1 is 1.30 bits per heavy atom. The van der Waals surface area contributed by atoms with Crippen LogP contribution in [0, 0.1) is 16.7 Å². The number of carbonyl (C=O) groups is 1. The van der Waals surface area contributed by atoms with E-state index in [1.165, 1.54) is 11.8 Å². The molecule has 33 heavy (non-hydrogen) atoms. The third-order valence-corrected chi connectivity index (χ3v) is 6.75. The molecule has 7 heteroatoms. The highest BCUT2D eigenvalue weighted by atomic mass is 16.5. The Balaban J connectivity index is 1.71. The molecule has 1 aliphatic heterocycles. The number of aromatic nitrogens is 2. The summed E-state index contributed by atoms with van der Waals surface area (Å²) < 4.78 is 5.85. The second-order valence-electron chi connectivity index (χ2n) is 10.3. The van der Waals surface area contributed by atoms with E-state index >= 15 is 0 Å². The van der Waals surface area contributed by atoms with Gasteiger partial charge in [-0.05, 0) is 61.8 Å². The average Bonchev–Trinajstić information content (AvgIpc) is 3.23. The second kappa shape index (κ2) is 8.77. The zero-order valence-corrected chi connectivity index (χ0v) is 19.7. The number of nitrogens with zero attached hydrogens (tertiary/aromatic N) is 2. The minimum Gasteiger partial charge on any atom is -0.385 e. The van der Waals surface area contributed by atoms with Crippen molar-refractivity contribution in [2.45, 2.75) is 77.6 Å². The largest absolute Gasteiger partial charge is 0.385 e. The van der Waals surface area contributed by atoms with Gasteiger partial charge in [0.2, 0.25) is 0 Å². The molecule has 2 aliphatic rings. The van der Waals surface area contributed by atoms with Gasteiger partial charge in [0.15, 0.2) is 5.82 Å². The maximum atomic E-state index is 12.8. The minimum atomic E-state index is -0.981. The molecule has 1 aromatic heterocycles. The Bertz CT molecular complexity index is 1110. The van der Waals surface area contributed by atoms with Gasteiger partial charge in [-0.25, -0.2) is 4.98 Å². The summed E-state index contributed by atoms with van der Waals surface area (Å²) in [6.07, 6.45) is 7.46. The quantitative estimate of drug-likeness (QED) is 0.616. The molecule has 0 bridgehead atoms. The van der Waals surface area contributed by atoms with E-state index < -0.39 is 11.5 Å². The number of hydrogen-bond acceptors (Lipinski definition) is 5. The van der Waals surface area contributed by atoms with Gasteiger partial charge in [0.25, 0.3) is 5.91 Å². The van der Waals surface area contributed by atoms with Crippen LogP contribution in [-0.4, -0.2) is 33.2 Å². The lowest BCUT2D eigenvalue weighted by Crippen LogP contribution is -2.41. The van der Waals surface area contributed by atoms with Gasteiger partial charge in [0.05, 0.1) is 24.0 Å². The molecule has 0 saturated carbocycles. The number of aliphatic hydroxyl groups is 1. The highest BCUT2D eigenvalue weighted by Crippen LogP contribution is 2.43. The Labute approximate surface area is 194 Å². The Morgan fingerprint density at radius 3 is 2.64 bits per heavy atom. The van der Waals surface area contributed by atoms with Crippen molar-refractivity contribution in [1.82, 2.24) is 9.97 Å². The molecular weight excluding hydrogens is 416 g/mol. The van der Waals surface area contributed by atoms with Crippen LogP contribution in [0.5, 0.6) is 0 Å². The van der Waals surface area contributed by atoms with Gasteiger partial charge < -0.3 is 20.1 Å². The van der Waals surface area contributed by atoms with Crippen LogP contribution in [0.3, 0.4) is 0 Å². The predicted molar refractivity (Wildman–Crippen MR) is 126 cm³/mol. The lowest BCUT2D eigenvalue weighted by Gasteiger charge is -2.40. The van der Waals surface area contributed by atoms with Crippen LogP contribution < -0.4 is 5.32 Å². The van der Waals surface area contributed by atoms with Crippen LogP contribution >= 0.6 is 0 Å². The van der Waals surface area contributed by atoms with E-state index in [0.717, 1.165) is 30.4 Å². The molecule has 7 nitrogen and oxygen atoms in total. The molecule has 2 atom stereocenters. The Hall–Kier alpha value is -2.95. The van der Waals surface area contributed by atoms with E-state index in [4.69, 9.17) is 10.00 Å². The average molecular weight is 449 g/mol. The minimum absolute atomic E-state index is 0.0374. The topological polar surface area (TPSA) is 111 Å². The van der Waals surface area contributed by atoms with Crippen LogP contribution in [-0.2, 0) is 10.3 Å². The van der Waals surface area contributed by atoms with Crippen molar-refractivity contribution in [3.05, 3.63) is 53.1 Å². The third-order valence-electron chi connectivity index (χ3n) is 6.75. The van der Waals surface area contributed by atoms with E-state index in [1.807, 2.05) is 38.1 Å². The molecule has 1 aromatic carbocycles. The standard InChI is InChI=1S/C26H32N4O3/c1-16-12-26(32,13-17(2)33-16)19-5-6-22(30-24(31)23-28-15-20(14-27)29-23)21(11-19)18-7-9-25(3,4)10-8-18/h5-7,11,15-17,32H,8-10,12-13H2,1-4H3,(H,28,29)(H,30,31)/t16-,17-/m0/s1. The molecule has 2 aromatic rings. The summed E-state index contributed by atoms with van der Waals surface area (Å²) in [4.78, 5) is 19.5. The number of aromatic amines is 1. The lowest BCUT2D eigenvalue weighted by molar-refractivity contribution is -0.135. The fraction of sp³-hybridized carbons (Fsp3) is 0.500. The number of nitrogens with one attached hydrogen (secondary N) is 2. The summed E-state index contributed by atoms with van der Waals surface area (Å²) in [7, 11) is 0. The van der Waals surface area contributed by atoms with Crippen molar-refractivity contribution < 1.29 is 14.6 Å². The van der Waals surface area contributed by atoms with Crippen molar-refractivity contribution >= 4 is 17.2 Å².